The van der Waals surface area contributed by atoms with Crippen molar-refractivity contribution in [3.8, 4) is 0 Å². The zero-order valence-corrected chi connectivity index (χ0v) is 9.68. The van der Waals surface area contributed by atoms with Gasteiger partial charge in [-0.2, -0.15) is 0 Å². The number of benzene rings is 1. The molecule has 4 heteroatoms. The minimum Gasteiger partial charge on any atom is -0.352 e. The lowest BCUT2D eigenvalue weighted by Gasteiger charge is -2.03. The molecule has 0 aromatic heterocycles. The van der Waals surface area contributed by atoms with E-state index in [9.17, 15) is 9.18 Å². The van der Waals surface area contributed by atoms with Crippen LogP contribution in [0.4, 0.5) is 4.39 Å². The van der Waals surface area contributed by atoms with Gasteiger partial charge in [0.2, 0.25) is 0 Å². The van der Waals surface area contributed by atoms with E-state index in [0.717, 1.165) is 0 Å². The largest absolute Gasteiger partial charge is 0.352 e. The minimum atomic E-state index is -0.439. The van der Waals surface area contributed by atoms with E-state index in [1.54, 1.807) is 12.1 Å². The molecule has 0 heterocycles. The predicted molar refractivity (Wildman–Crippen MR) is 61.2 cm³/mol. The fourth-order valence-electron chi connectivity index (χ4n) is 1.03. The molecule has 0 atom stereocenters. The second kappa shape index (κ2) is 5.66. The number of amides is 1. The predicted octanol–water partition coefficient (Wildman–Crippen LogP) is 2.89. The van der Waals surface area contributed by atoms with Crippen LogP contribution >= 0.6 is 15.9 Å². The Labute approximate surface area is 96.3 Å². The Balaban J connectivity index is 2.65. The first-order chi connectivity index (χ1) is 7.15. The van der Waals surface area contributed by atoms with Crippen LogP contribution < -0.4 is 5.32 Å². The maximum absolute atomic E-state index is 13.1. The summed E-state index contributed by atoms with van der Waals surface area (Å²) in [6.07, 6.45) is 2.41. The lowest BCUT2D eigenvalue weighted by molar-refractivity contribution is 0.0954. The Kier molecular flexibility index (Phi) is 4.49. The summed E-state index contributed by atoms with van der Waals surface area (Å²) in [5, 5.41) is 2.65. The molecule has 0 aliphatic carbocycles. The van der Waals surface area contributed by atoms with Crippen molar-refractivity contribution in [2.45, 2.75) is 6.42 Å². The molecule has 0 saturated heterocycles. The SMILES string of the molecule is C=CCCNC(=O)c1ccc(Br)c(F)c1. The van der Waals surface area contributed by atoms with Crippen LogP contribution in [0.2, 0.25) is 0 Å². The van der Waals surface area contributed by atoms with Crippen molar-refractivity contribution in [3.63, 3.8) is 0 Å². The van der Waals surface area contributed by atoms with Crippen molar-refractivity contribution < 1.29 is 9.18 Å². The Hall–Kier alpha value is -1.16. The number of hydrogen-bond acceptors (Lipinski definition) is 1. The number of nitrogens with one attached hydrogen (secondary N) is 1. The lowest BCUT2D eigenvalue weighted by Crippen LogP contribution is -2.24. The summed E-state index contributed by atoms with van der Waals surface area (Å²) in [4.78, 5) is 11.5. The molecule has 2 nitrogen and oxygen atoms in total. The smallest absolute Gasteiger partial charge is 0.251 e. The highest BCUT2D eigenvalue weighted by molar-refractivity contribution is 9.10. The van der Waals surface area contributed by atoms with E-state index in [0.29, 0.717) is 23.0 Å². The summed E-state index contributed by atoms with van der Waals surface area (Å²) >= 11 is 3.02. The molecule has 0 bridgehead atoms. The van der Waals surface area contributed by atoms with Gasteiger partial charge in [0.05, 0.1) is 4.47 Å². The van der Waals surface area contributed by atoms with Gasteiger partial charge in [-0.1, -0.05) is 6.08 Å². The van der Waals surface area contributed by atoms with Crippen LogP contribution in [0.3, 0.4) is 0 Å². The number of hydrogen-bond donors (Lipinski definition) is 1. The second-order valence-corrected chi connectivity index (χ2v) is 3.82. The average molecular weight is 272 g/mol. The van der Waals surface area contributed by atoms with Gasteiger partial charge in [-0.25, -0.2) is 4.39 Å². The van der Waals surface area contributed by atoms with Crippen LogP contribution in [0, 0.1) is 5.82 Å². The van der Waals surface area contributed by atoms with Crippen LogP contribution in [0.15, 0.2) is 35.3 Å². The van der Waals surface area contributed by atoms with E-state index >= 15 is 0 Å². The standard InChI is InChI=1S/C11H11BrFNO/c1-2-3-6-14-11(15)8-4-5-9(12)10(13)7-8/h2,4-5,7H,1,3,6H2,(H,14,15). The van der Waals surface area contributed by atoms with Crippen molar-refractivity contribution in [3.05, 3.63) is 46.7 Å². The maximum atomic E-state index is 13.1. The van der Waals surface area contributed by atoms with Crippen molar-refractivity contribution in [1.29, 1.82) is 0 Å². The normalized spacial score (nSPS) is 9.73. The highest BCUT2D eigenvalue weighted by Crippen LogP contribution is 2.16. The summed E-state index contributed by atoms with van der Waals surface area (Å²) in [6.45, 7) is 4.05. The first-order valence-electron chi connectivity index (χ1n) is 4.49. The fourth-order valence-corrected chi connectivity index (χ4v) is 1.27. The minimum absolute atomic E-state index is 0.275. The third-order valence-electron chi connectivity index (χ3n) is 1.82. The van der Waals surface area contributed by atoms with Gasteiger partial charge in [0.15, 0.2) is 0 Å². The summed E-state index contributed by atoms with van der Waals surface area (Å²) in [7, 11) is 0. The van der Waals surface area contributed by atoms with E-state index < -0.39 is 5.82 Å². The molecule has 0 unspecified atom stereocenters. The molecule has 80 valence electrons. The molecule has 1 amide bonds. The molecule has 0 fully saturated rings. The van der Waals surface area contributed by atoms with Crippen LogP contribution in [0.5, 0.6) is 0 Å². The molecule has 1 rings (SSSR count). The molecular formula is C11H11BrFNO. The lowest BCUT2D eigenvalue weighted by atomic mass is 10.2. The van der Waals surface area contributed by atoms with Crippen molar-refractivity contribution in [2.24, 2.45) is 0 Å². The molecule has 0 radical (unpaired) electrons. The Morgan fingerprint density at radius 2 is 2.33 bits per heavy atom. The van der Waals surface area contributed by atoms with Gasteiger partial charge in [0, 0.05) is 12.1 Å². The third kappa shape index (κ3) is 3.47. The molecule has 0 aliphatic rings. The highest BCUT2D eigenvalue weighted by Gasteiger charge is 2.07. The van der Waals surface area contributed by atoms with Gasteiger partial charge in [0.25, 0.3) is 5.91 Å². The Bertz CT molecular complexity index is 379. The number of carbonyl (C=O) groups is 1. The van der Waals surface area contributed by atoms with Crippen molar-refractivity contribution >= 4 is 21.8 Å². The molecule has 1 aromatic rings. The van der Waals surface area contributed by atoms with Gasteiger partial charge in [0.1, 0.15) is 5.82 Å². The molecule has 1 aromatic carbocycles. The van der Waals surface area contributed by atoms with Gasteiger partial charge in [-0.3, -0.25) is 4.79 Å². The van der Waals surface area contributed by atoms with Crippen LogP contribution in [0.25, 0.3) is 0 Å². The molecule has 1 N–H and O–H groups in total. The van der Waals surface area contributed by atoms with Gasteiger partial charge in [-0.05, 0) is 40.5 Å². The van der Waals surface area contributed by atoms with E-state index in [1.807, 2.05) is 0 Å². The topological polar surface area (TPSA) is 29.1 Å². The Morgan fingerprint density at radius 1 is 1.60 bits per heavy atom. The summed E-state index contributed by atoms with van der Waals surface area (Å²) in [6, 6.07) is 4.28. The highest BCUT2D eigenvalue weighted by atomic mass is 79.9. The van der Waals surface area contributed by atoms with Crippen LogP contribution in [-0.2, 0) is 0 Å². The molecule has 15 heavy (non-hydrogen) atoms. The first-order valence-corrected chi connectivity index (χ1v) is 5.28. The van der Waals surface area contributed by atoms with E-state index in [-0.39, 0.29) is 5.91 Å². The zero-order chi connectivity index (χ0) is 11.3. The summed E-state index contributed by atoms with van der Waals surface area (Å²) < 4.78 is 13.4. The van der Waals surface area contributed by atoms with E-state index in [4.69, 9.17) is 0 Å². The molecule has 0 saturated carbocycles. The second-order valence-electron chi connectivity index (χ2n) is 2.96. The monoisotopic (exact) mass is 271 g/mol. The summed E-state index contributed by atoms with van der Waals surface area (Å²) in [5.74, 6) is -0.713. The van der Waals surface area contributed by atoms with Crippen LogP contribution in [0.1, 0.15) is 16.8 Å². The number of rotatable bonds is 4. The van der Waals surface area contributed by atoms with Crippen molar-refractivity contribution in [1.82, 2.24) is 5.32 Å². The van der Waals surface area contributed by atoms with Gasteiger partial charge < -0.3 is 5.32 Å². The average Bonchev–Trinajstić information content (AvgIpc) is 2.22. The molecular weight excluding hydrogens is 261 g/mol. The third-order valence-corrected chi connectivity index (χ3v) is 2.46. The first kappa shape index (κ1) is 11.9. The zero-order valence-electron chi connectivity index (χ0n) is 8.09. The van der Waals surface area contributed by atoms with Gasteiger partial charge in [-0.15, -0.1) is 6.58 Å². The maximum Gasteiger partial charge on any atom is 0.251 e. The Morgan fingerprint density at radius 3 is 2.93 bits per heavy atom. The van der Waals surface area contributed by atoms with Crippen LogP contribution in [-0.4, -0.2) is 12.5 Å². The quantitative estimate of drug-likeness (QED) is 0.662. The molecule has 0 aliphatic heterocycles. The van der Waals surface area contributed by atoms with E-state index in [2.05, 4.69) is 27.8 Å². The van der Waals surface area contributed by atoms with Gasteiger partial charge >= 0.3 is 0 Å². The van der Waals surface area contributed by atoms with E-state index in [1.165, 1.54) is 12.1 Å². The summed E-state index contributed by atoms with van der Waals surface area (Å²) in [5.41, 5.74) is 0.319. The van der Waals surface area contributed by atoms with Crippen molar-refractivity contribution in [2.75, 3.05) is 6.54 Å². The number of carbonyl (C=O) groups excluding carboxylic acids is 1. The fraction of sp³-hybridized carbons (Fsp3) is 0.182. The number of halogens is 2. The molecule has 0 spiro atoms.